The van der Waals surface area contributed by atoms with Crippen molar-refractivity contribution in [1.29, 1.82) is 0 Å². The van der Waals surface area contributed by atoms with Crippen molar-refractivity contribution in [1.82, 2.24) is 15.3 Å². The third-order valence-corrected chi connectivity index (χ3v) is 4.98. The number of nitrogens with one attached hydrogen (secondary N) is 2. The van der Waals surface area contributed by atoms with E-state index in [-0.39, 0.29) is 11.9 Å². The average Bonchev–Trinajstić information content (AvgIpc) is 3.09. The Hall–Kier alpha value is -2.47. The summed E-state index contributed by atoms with van der Waals surface area (Å²) in [5, 5.41) is 3.09. The SMILES string of the molecule is CSCC[C@H](NC(=O)[C@@H](C)Oc1cccc(C)c1)c1nc2ccccc2[nH]1. The summed E-state index contributed by atoms with van der Waals surface area (Å²) in [6.45, 7) is 3.76. The monoisotopic (exact) mass is 383 g/mol. The standard InChI is InChI=1S/C21H25N3O2S/c1-14-7-6-8-16(13-14)26-15(2)21(25)24-19(11-12-27-3)20-22-17-9-4-5-10-18(17)23-20/h4-10,13,15,19H,11-12H2,1-3H3,(H,22,23)(H,24,25)/t15-,19+/m1/s1. The van der Waals surface area contributed by atoms with E-state index < -0.39 is 6.10 Å². The molecule has 0 aliphatic rings. The van der Waals surface area contributed by atoms with E-state index in [1.807, 2.05) is 55.5 Å². The fraction of sp³-hybridized carbons (Fsp3) is 0.333. The molecule has 0 spiro atoms. The number of fused-ring (bicyclic) bond motifs is 1. The molecular weight excluding hydrogens is 358 g/mol. The van der Waals surface area contributed by atoms with Gasteiger partial charge in [0, 0.05) is 0 Å². The van der Waals surface area contributed by atoms with Crippen LogP contribution in [0.5, 0.6) is 5.75 Å². The lowest BCUT2D eigenvalue weighted by Gasteiger charge is -2.20. The highest BCUT2D eigenvalue weighted by atomic mass is 32.2. The van der Waals surface area contributed by atoms with Gasteiger partial charge < -0.3 is 15.0 Å². The predicted octanol–water partition coefficient (Wildman–Crippen LogP) is 4.25. The fourth-order valence-corrected chi connectivity index (χ4v) is 3.36. The largest absolute Gasteiger partial charge is 0.481 e. The number of amides is 1. The Kier molecular flexibility index (Phi) is 6.40. The van der Waals surface area contributed by atoms with Crippen LogP contribution in [-0.4, -0.2) is 34.0 Å². The van der Waals surface area contributed by atoms with Crippen molar-refractivity contribution in [2.24, 2.45) is 0 Å². The Morgan fingerprint density at radius 3 is 2.81 bits per heavy atom. The number of hydrogen-bond donors (Lipinski definition) is 2. The lowest BCUT2D eigenvalue weighted by atomic mass is 10.2. The Bertz CT molecular complexity index is 876. The Balaban J connectivity index is 1.72. The molecule has 6 heteroatoms. The number of para-hydroxylation sites is 2. The molecule has 0 unspecified atom stereocenters. The molecule has 0 fully saturated rings. The van der Waals surface area contributed by atoms with E-state index in [2.05, 4.69) is 21.5 Å². The van der Waals surface area contributed by atoms with E-state index >= 15 is 0 Å². The highest BCUT2D eigenvalue weighted by Crippen LogP contribution is 2.21. The molecule has 0 aliphatic carbocycles. The topological polar surface area (TPSA) is 67.0 Å². The van der Waals surface area contributed by atoms with Crippen LogP contribution in [0.1, 0.15) is 30.8 Å². The van der Waals surface area contributed by atoms with E-state index in [9.17, 15) is 4.79 Å². The highest BCUT2D eigenvalue weighted by Gasteiger charge is 2.22. The maximum absolute atomic E-state index is 12.7. The van der Waals surface area contributed by atoms with Gasteiger partial charge in [0.15, 0.2) is 6.10 Å². The minimum absolute atomic E-state index is 0.150. The van der Waals surface area contributed by atoms with Gasteiger partial charge in [0.25, 0.3) is 5.91 Å². The van der Waals surface area contributed by atoms with Crippen molar-refractivity contribution in [2.75, 3.05) is 12.0 Å². The summed E-state index contributed by atoms with van der Waals surface area (Å²) < 4.78 is 5.81. The van der Waals surface area contributed by atoms with Gasteiger partial charge in [-0.05, 0) is 62.1 Å². The smallest absolute Gasteiger partial charge is 0.261 e. The Labute approximate surface area is 163 Å². The van der Waals surface area contributed by atoms with E-state index in [4.69, 9.17) is 4.74 Å². The van der Waals surface area contributed by atoms with E-state index in [1.165, 1.54) is 0 Å². The number of benzene rings is 2. The molecule has 1 heterocycles. The third kappa shape index (κ3) is 5.04. The normalized spacial score (nSPS) is 13.3. The van der Waals surface area contributed by atoms with Gasteiger partial charge in [0.05, 0.1) is 17.1 Å². The molecule has 5 nitrogen and oxygen atoms in total. The number of aryl methyl sites for hydroxylation is 1. The number of carbonyl (C=O) groups excluding carboxylic acids is 1. The van der Waals surface area contributed by atoms with Crippen molar-refractivity contribution in [3.63, 3.8) is 0 Å². The summed E-state index contributed by atoms with van der Waals surface area (Å²) in [6, 6.07) is 15.4. The minimum atomic E-state index is -0.590. The van der Waals surface area contributed by atoms with Gasteiger partial charge in [0.1, 0.15) is 11.6 Å². The molecule has 0 saturated carbocycles. The second-order valence-corrected chi connectivity index (χ2v) is 7.54. The summed E-state index contributed by atoms with van der Waals surface area (Å²) in [5.74, 6) is 2.25. The van der Waals surface area contributed by atoms with Crippen molar-refractivity contribution < 1.29 is 9.53 Å². The first-order valence-electron chi connectivity index (χ1n) is 9.04. The second kappa shape index (κ2) is 8.95. The number of thioether (sulfide) groups is 1. The summed E-state index contributed by atoms with van der Waals surface area (Å²) >= 11 is 1.75. The van der Waals surface area contributed by atoms with E-state index in [0.29, 0.717) is 5.75 Å². The molecule has 2 N–H and O–H groups in total. The molecule has 1 amide bonds. The van der Waals surface area contributed by atoms with Crippen molar-refractivity contribution in [2.45, 2.75) is 32.4 Å². The number of ether oxygens (including phenoxy) is 1. The quantitative estimate of drug-likeness (QED) is 0.610. The number of aromatic amines is 1. The number of carbonyl (C=O) groups is 1. The summed E-state index contributed by atoms with van der Waals surface area (Å²) in [5.41, 5.74) is 2.97. The molecule has 2 aromatic carbocycles. The van der Waals surface area contributed by atoms with Crippen LogP contribution >= 0.6 is 11.8 Å². The maximum Gasteiger partial charge on any atom is 0.261 e. The second-order valence-electron chi connectivity index (χ2n) is 6.56. The molecule has 3 rings (SSSR count). The zero-order chi connectivity index (χ0) is 19.2. The number of imidazole rings is 1. The first-order chi connectivity index (χ1) is 13.1. The van der Waals surface area contributed by atoms with Gasteiger partial charge in [-0.15, -0.1) is 0 Å². The summed E-state index contributed by atoms with van der Waals surface area (Å²) in [6.07, 6.45) is 2.26. The Morgan fingerprint density at radius 2 is 2.07 bits per heavy atom. The number of nitrogens with zero attached hydrogens (tertiary/aromatic N) is 1. The maximum atomic E-state index is 12.7. The predicted molar refractivity (Wildman–Crippen MR) is 111 cm³/mol. The van der Waals surface area contributed by atoms with Crippen LogP contribution in [0.15, 0.2) is 48.5 Å². The van der Waals surface area contributed by atoms with Crippen LogP contribution in [0, 0.1) is 6.92 Å². The molecule has 0 bridgehead atoms. The van der Waals surface area contributed by atoms with Crippen LogP contribution in [0.2, 0.25) is 0 Å². The zero-order valence-corrected chi connectivity index (χ0v) is 16.7. The molecule has 0 aliphatic heterocycles. The van der Waals surface area contributed by atoms with Crippen LogP contribution < -0.4 is 10.1 Å². The first kappa shape index (κ1) is 19.3. The van der Waals surface area contributed by atoms with Crippen molar-refractivity contribution in [3.8, 4) is 5.75 Å². The molecule has 3 aromatic rings. The summed E-state index contributed by atoms with van der Waals surface area (Å²) in [7, 11) is 0. The van der Waals surface area contributed by atoms with Crippen LogP contribution in [-0.2, 0) is 4.79 Å². The van der Waals surface area contributed by atoms with E-state index in [1.54, 1.807) is 18.7 Å². The zero-order valence-electron chi connectivity index (χ0n) is 15.9. The van der Waals surface area contributed by atoms with Crippen LogP contribution in [0.3, 0.4) is 0 Å². The van der Waals surface area contributed by atoms with Crippen LogP contribution in [0.4, 0.5) is 0 Å². The van der Waals surface area contributed by atoms with Gasteiger partial charge in [-0.2, -0.15) is 11.8 Å². The number of H-pyrrole nitrogens is 1. The Morgan fingerprint density at radius 1 is 1.26 bits per heavy atom. The molecular formula is C21H25N3O2S. The number of rotatable bonds is 8. The number of aromatic nitrogens is 2. The van der Waals surface area contributed by atoms with Gasteiger partial charge in [-0.25, -0.2) is 4.98 Å². The first-order valence-corrected chi connectivity index (χ1v) is 10.4. The lowest BCUT2D eigenvalue weighted by Crippen LogP contribution is -2.39. The molecule has 2 atom stereocenters. The van der Waals surface area contributed by atoms with Gasteiger partial charge in [-0.1, -0.05) is 24.3 Å². The fourth-order valence-electron chi connectivity index (χ4n) is 2.89. The molecule has 1 aromatic heterocycles. The summed E-state index contributed by atoms with van der Waals surface area (Å²) in [4.78, 5) is 20.7. The lowest BCUT2D eigenvalue weighted by molar-refractivity contribution is -0.128. The van der Waals surface area contributed by atoms with Crippen molar-refractivity contribution >= 4 is 28.7 Å². The minimum Gasteiger partial charge on any atom is -0.481 e. The molecule has 0 saturated heterocycles. The van der Waals surface area contributed by atoms with Crippen molar-refractivity contribution in [3.05, 3.63) is 59.9 Å². The highest BCUT2D eigenvalue weighted by molar-refractivity contribution is 7.98. The molecule has 0 radical (unpaired) electrons. The van der Waals surface area contributed by atoms with Gasteiger partial charge in [0.2, 0.25) is 0 Å². The molecule has 27 heavy (non-hydrogen) atoms. The number of hydrogen-bond acceptors (Lipinski definition) is 4. The van der Waals surface area contributed by atoms with Crippen LogP contribution in [0.25, 0.3) is 11.0 Å². The third-order valence-electron chi connectivity index (χ3n) is 4.34. The average molecular weight is 384 g/mol. The van der Waals surface area contributed by atoms with Gasteiger partial charge >= 0.3 is 0 Å². The molecule has 142 valence electrons. The van der Waals surface area contributed by atoms with E-state index in [0.717, 1.165) is 34.6 Å². The van der Waals surface area contributed by atoms with Gasteiger partial charge in [-0.3, -0.25) is 4.79 Å².